The van der Waals surface area contributed by atoms with Gasteiger partial charge in [0.15, 0.2) is 0 Å². The Morgan fingerprint density at radius 3 is 2.40 bits per heavy atom. The van der Waals surface area contributed by atoms with E-state index in [1.165, 1.54) is 7.11 Å². The fourth-order valence-corrected chi connectivity index (χ4v) is 4.37. The molecule has 2 aromatic carbocycles. The second kappa shape index (κ2) is 10.8. The summed E-state index contributed by atoms with van der Waals surface area (Å²) in [6, 6.07) is 15.4. The van der Waals surface area contributed by atoms with Crippen LogP contribution in [0.15, 0.2) is 63.8 Å². The summed E-state index contributed by atoms with van der Waals surface area (Å²) in [6.45, 7) is 1.27. The fraction of sp³-hybridized carbons (Fsp3) is 0.400. The number of nitrogens with zero attached hydrogens (tertiary/aromatic N) is 1. The first-order chi connectivity index (χ1) is 16.8. The summed E-state index contributed by atoms with van der Waals surface area (Å²) in [5.74, 6) is -0.759. The van der Waals surface area contributed by atoms with Crippen LogP contribution in [0.4, 0.5) is 0 Å². The Hall–Kier alpha value is -2.83. The molecule has 35 heavy (non-hydrogen) atoms. The minimum atomic E-state index is -1.40. The van der Waals surface area contributed by atoms with Gasteiger partial charge in [-0.3, -0.25) is 4.84 Å². The second-order valence-corrected chi connectivity index (χ2v) is 8.48. The van der Waals surface area contributed by atoms with Gasteiger partial charge in [-0.05, 0) is 31.0 Å². The van der Waals surface area contributed by atoms with E-state index in [0.29, 0.717) is 5.39 Å². The normalized spacial score (nSPS) is 24.2. The molecule has 4 N–H and O–H groups in total. The molecule has 188 valence electrons. The van der Waals surface area contributed by atoms with Crippen molar-refractivity contribution in [2.24, 2.45) is 0 Å². The molecule has 0 amide bonds. The van der Waals surface area contributed by atoms with Crippen molar-refractivity contribution in [3.05, 3.63) is 76.1 Å². The minimum Gasteiger partial charge on any atom is -0.507 e. The van der Waals surface area contributed by atoms with Crippen LogP contribution in [0.3, 0.4) is 0 Å². The molecule has 0 spiro atoms. The van der Waals surface area contributed by atoms with E-state index in [-0.39, 0.29) is 23.3 Å². The van der Waals surface area contributed by atoms with Crippen LogP contribution in [0.2, 0.25) is 0 Å². The molecule has 3 aromatic rings. The highest BCUT2D eigenvalue weighted by Gasteiger charge is 2.45. The topological polar surface area (TPSA) is 142 Å². The highest BCUT2D eigenvalue weighted by Crippen LogP contribution is 2.37. The van der Waals surface area contributed by atoms with Crippen LogP contribution in [-0.4, -0.2) is 70.0 Å². The molecule has 1 fully saturated rings. The summed E-state index contributed by atoms with van der Waals surface area (Å²) in [5, 5.41) is 42.1. The standard InChI is InChI=1S/C25H29NO9/c1-14(26(32-2)35-25-23(30)22(29)19(13-27)34-25)12-17(15-8-4-3-5-9-15)20-21(28)16-10-6-7-11-18(16)33-24(20)31/h3-11,14,17,19,22-23,25,27-30H,12-13H2,1-2H3/t14?,17?,19-,22-,23-,25?/m1/s1. The number of aromatic hydroxyl groups is 1. The average molecular weight is 488 g/mol. The molecule has 2 heterocycles. The lowest BCUT2D eigenvalue weighted by Gasteiger charge is -2.31. The van der Waals surface area contributed by atoms with E-state index in [1.807, 2.05) is 30.3 Å². The molecule has 3 unspecified atom stereocenters. The van der Waals surface area contributed by atoms with Crippen molar-refractivity contribution in [2.75, 3.05) is 13.7 Å². The van der Waals surface area contributed by atoms with Gasteiger partial charge in [0, 0.05) is 5.92 Å². The van der Waals surface area contributed by atoms with Gasteiger partial charge in [0.2, 0.25) is 6.29 Å². The third-order valence-corrected chi connectivity index (χ3v) is 6.19. The first kappa shape index (κ1) is 25.3. The molecule has 0 saturated carbocycles. The van der Waals surface area contributed by atoms with Crippen LogP contribution in [0.5, 0.6) is 5.75 Å². The third kappa shape index (κ3) is 5.09. The Kier molecular flexibility index (Phi) is 7.82. The lowest BCUT2D eigenvalue weighted by Crippen LogP contribution is -2.42. The van der Waals surface area contributed by atoms with Gasteiger partial charge in [-0.2, -0.15) is 0 Å². The minimum absolute atomic E-state index is 0.103. The summed E-state index contributed by atoms with van der Waals surface area (Å²) in [7, 11) is 1.36. The van der Waals surface area contributed by atoms with Crippen LogP contribution < -0.4 is 5.63 Å². The van der Waals surface area contributed by atoms with E-state index in [2.05, 4.69) is 0 Å². The van der Waals surface area contributed by atoms with E-state index < -0.39 is 48.8 Å². The number of benzene rings is 2. The molecule has 4 rings (SSSR count). The maximum Gasteiger partial charge on any atom is 0.343 e. The zero-order valence-electron chi connectivity index (χ0n) is 19.4. The molecule has 1 aromatic heterocycles. The Balaban J connectivity index is 1.65. The number of fused-ring (bicyclic) bond motifs is 1. The maximum absolute atomic E-state index is 13.0. The number of hydrogen-bond donors (Lipinski definition) is 4. The highest BCUT2D eigenvalue weighted by molar-refractivity contribution is 5.84. The average Bonchev–Trinajstić information content (AvgIpc) is 3.14. The van der Waals surface area contributed by atoms with Gasteiger partial charge in [0.25, 0.3) is 0 Å². The van der Waals surface area contributed by atoms with Crippen molar-refractivity contribution in [1.82, 2.24) is 5.23 Å². The Morgan fingerprint density at radius 2 is 1.74 bits per heavy atom. The Morgan fingerprint density at radius 1 is 1.06 bits per heavy atom. The summed E-state index contributed by atoms with van der Waals surface area (Å²) in [6.07, 6.45) is -4.77. The fourth-order valence-electron chi connectivity index (χ4n) is 4.37. The van der Waals surface area contributed by atoms with Gasteiger partial charge in [-0.15, -0.1) is 0 Å². The van der Waals surface area contributed by atoms with Gasteiger partial charge in [-0.25, -0.2) is 9.63 Å². The van der Waals surface area contributed by atoms with Gasteiger partial charge >= 0.3 is 5.63 Å². The van der Waals surface area contributed by atoms with E-state index in [1.54, 1.807) is 31.2 Å². The Bertz CT molecular complexity index is 1180. The molecule has 1 saturated heterocycles. The lowest BCUT2D eigenvalue weighted by atomic mass is 9.86. The predicted octanol–water partition coefficient (Wildman–Crippen LogP) is 1.64. The van der Waals surface area contributed by atoms with Crippen molar-refractivity contribution in [3.8, 4) is 5.75 Å². The third-order valence-electron chi connectivity index (χ3n) is 6.19. The molecule has 10 heteroatoms. The first-order valence-corrected chi connectivity index (χ1v) is 11.3. The SMILES string of the molecule is CON(OC1O[C@H](CO)[C@@H](O)[C@H]1O)C(C)CC(c1ccccc1)c1c(O)c2ccccc2oc1=O. The van der Waals surface area contributed by atoms with Gasteiger partial charge < -0.3 is 29.6 Å². The zero-order chi connectivity index (χ0) is 25.1. The van der Waals surface area contributed by atoms with Crippen molar-refractivity contribution in [2.45, 2.75) is 49.9 Å². The van der Waals surface area contributed by atoms with Crippen LogP contribution >= 0.6 is 0 Å². The van der Waals surface area contributed by atoms with Crippen molar-refractivity contribution >= 4 is 11.0 Å². The number of hydrogen-bond acceptors (Lipinski definition) is 10. The van der Waals surface area contributed by atoms with Gasteiger partial charge in [-0.1, -0.05) is 47.7 Å². The predicted molar refractivity (Wildman–Crippen MR) is 124 cm³/mol. The van der Waals surface area contributed by atoms with Crippen LogP contribution in [0.25, 0.3) is 11.0 Å². The van der Waals surface area contributed by atoms with Crippen molar-refractivity contribution in [1.29, 1.82) is 0 Å². The molecular weight excluding hydrogens is 458 g/mol. The van der Waals surface area contributed by atoms with Gasteiger partial charge in [0.1, 0.15) is 29.6 Å². The zero-order valence-corrected chi connectivity index (χ0v) is 19.4. The summed E-state index contributed by atoms with van der Waals surface area (Å²) >= 11 is 0. The van der Waals surface area contributed by atoms with Crippen LogP contribution in [0.1, 0.15) is 30.4 Å². The monoisotopic (exact) mass is 487 g/mol. The first-order valence-electron chi connectivity index (χ1n) is 11.3. The van der Waals surface area contributed by atoms with Gasteiger partial charge in [0.05, 0.1) is 30.7 Å². The number of ether oxygens (including phenoxy) is 1. The number of aliphatic hydroxyl groups excluding tert-OH is 3. The molecule has 0 aliphatic carbocycles. The molecule has 1 aliphatic heterocycles. The molecule has 0 bridgehead atoms. The number of aliphatic hydroxyl groups is 3. The van der Waals surface area contributed by atoms with E-state index >= 15 is 0 Å². The summed E-state index contributed by atoms with van der Waals surface area (Å²) in [4.78, 5) is 24.0. The van der Waals surface area contributed by atoms with E-state index in [9.17, 15) is 25.2 Å². The number of para-hydroxylation sites is 1. The van der Waals surface area contributed by atoms with E-state index in [4.69, 9.17) is 18.8 Å². The largest absolute Gasteiger partial charge is 0.507 e. The summed E-state index contributed by atoms with van der Waals surface area (Å²) in [5.41, 5.74) is 0.493. The van der Waals surface area contributed by atoms with Crippen molar-refractivity contribution in [3.63, 3.8) is 0 Å². The number of hydroxylamine groups is 2. The quantitative estimate of drug-likeness (QED) is 0.260. The van der Waals surface area contributed by atoms with Crippen LogP contribution in [0, 0.1) is 0 Å². The summed E-state index contributed by atoms with van der Waals surface area (Å²) < 4.78 is 10.9. The second-order valence-electron chi connectivity index (χ2n) is 8.48. The van der Waals surface area contributed by atoms with E-state index in [0.717, 1.165) is 10.8 Å². The van der Waals surface area contributed by atoms with Crippen molar-refractivity contribution < 1.29 is 39.3 Å². The molecular formula is C25H29NO9. The highest BCUT2D eigenvalue weighted by atomic mass is 17.0. The maximum atomic E-state index is 13.0. The number of rotatable bonds is 9. The molecule has 10 nitrogen and oxygen atoms in total. The Labute approximate surface area is 201 Å². The smallest absolute Gasteiger partial charge is 0.343 e. The lowest BCUT2D eigenvalue weighted by molar-refractivity contribution is -0.429. The molecule has 0 radical (unpaired) electrons. The molecule has 6 atom stereocenters. The molecule has 1 aliphatic rings. The van der Waals surface area contributed by atoms with Crippen LogP contribution in [-0.2, 0) is 14.4 Å².